The Morgan fingerprint density at radius 3 is 2.52 bits per heavy atom. The average Bonchev–Trinajstić information content (AvgIpc) is 3.17. The summed E-state index contributed by atoms with van der Waals surface area (Å²) in [5.74, 6) is -0.327. The molecule has 128 valence electrons. The predicted molar refractivity (Wildman–Crippen MR) is 94.8 cm³/mol. The van der Waals surface area contributed by atoms with Crippen molar-refractivity contribution in [3.05, 3.63) is 70.3 Å². The second-order valence-electron chi connectivity index (χ2n) is 5.93. The van der Waals surface area contributed by atoms with Gasteiger partial charge in [-0.25, -0.2) is 4.79 Å². The SMILES string of the molecule is COC(=O)C1=C(C)N(c2ccc(C)c(C)c2)C(=O)/C1=C/c1ccco1. The zero-order valence-corrected chi connectivity index (χ0v) is 14.6. The van der Waals surface area contributed by atoms with E-state index in [1.807, 2.05) is 32.0 Å². The van der Waals surface area contributed by atoms with Gasteiger partial charge in [0.05, 0.1) is 24.5 Å². The molecule has 25 heavy (non-hydrogen) atoms. The van der Waals surface area contributed by atoms with Gasteiger partial charge in [-0.3, -0.25) is 9.69 Å². The summed E-state index contributed by atoms with van der Waals surface area (Å²) in [4.78, 5) is 26.8. The summed E-state index contributed by atoms with van der Waals surface area (Å²) in [5.41, 5.74) is 3.98. The summed E-state index contributed by atoms with van der Waals surface area (Å²) in [6.45, 7) is 5.73. The molecule has 0 saturated heterocycles. The van der Waals surface area contributed by atoms with Crippen molar-refractivity contribution in [3.8, 4) is 0 Å². The fourth-order valence-electron chi connectivity index (χ4n) is 2.87. The van der Waals surface area contributed by atoms with Crippen molar-refractivity contribution in [2.75, 3.05) is 12.0 Å². The van der Waals surface area contributed by atoms with E-state index in [9.17, 15) is 9.59 Å². The van der Waals surface area contributed by atoms with E-state index >= 15 is 0 Å². The number of esters is 1. The first kappa shape index (κ1) is 16.8. The Morgan fingerprint density at radius 1 is 1.16 bits per heavy atom. The quantitative estimate of drug-likeness (QED) is 0.632. The van der Waals surface area contributed by atoms with E-state index in [0.717, 1.165) is 16.8 Å². The topological polar surface area (TPSA) is 59.8 Å². The number of furan rings is 1. The minimum atomic E-state index is -0.546. The lowest BCUT2D eigenvalue weighted by molar-refractivity contribution is -0.136. The summed E-state index contributed by atoms with van der Waals surface area (Å²) >= 11 is 0. The fourth-order valence-corrected chi connectivity index (χ4v) is 2.87. The molecule has 0 saturated carbocycles. The molecule has 0 radical (unpaired) electrons. The van der Waals surface area contributed by atoms with E-state index in [4.69, 9.17) is 9.15 Å². The highest BCUT2D eigenvalue weighted by atomic mass is 16.5. The lowest BCUT2D eigenvalue weighted by Gasteiger charge is -2.19. The van der Waals surface area contributed by atoms with E-state index in [2.05, 4.69) is 0 Å². The monoisotopic (exact) mass is 337 g/mol. The van der Waals surface area contributed by atoms with Crippen LogP contribution in [-0.4, -0.2) is 19.0 Å². The summed E-state index contributed by atoms with van der Waals surface area (Å²) in [5, 5.41) is 0. The van der Waals surface area contributed by atoms with E-state index < -0.39 is 5.97 Å². The summed E-state index contributed by atoms with van der Waals surface area (Å²) < 4.78 is 10.2. The zero-order chi connectivity index (χ0) is 18.1. The molecule has 1 aliphatic heterocycles. The number of ether oxygens (including phenoxy) is 1. The number of rotatable bonds is 3. The lowest BCUT2D eigenvalue weighted by atomic mass is 10.1. The third kappa shape index (κ3) is 2.89. The van der Waals surface area contributed by atoms with Crippen LogP contribution in [0.1, 0.15) is 23.8 Å². The first-order valence-electron chi connectivity index (χ1n) is 7.90. The fraction of sp³-hybridized carbons (Fsp3) is 0.200. The van der Waals surface area contributed by atoms with Crippen LogP contribution in [0.2, 0.25) is 0 Å². The van der Waals surface area contributed by atoms with Crippen LogP contribution in [0.5, 0.6) is 0 Å². The number of amides is 1. The van der Waals surface area contributed by atoms with Crippen LogP contribution in [0.15, 0.2) is 57.9 Å². The Labute approximate surface area is 146 Å². The smallest absolute Gasteiger partial charge is 0.340 e. The van der Waals surface area contributed by atoms with Gasteiger partial charge >= 0.3 is 5.97 Å². The van der Waals surface area contributed by atoms with E-state index in [1.54, 1.807) is 25.1 Å². The molecular weight excluding hydrogens is 318 g/mol. The molecule has 5 nitrogen and oxygen atoms in total. The molecule has 5 heteroatoms. The molecule has 0 fully saturated rings. The third-order valence-electron chi connectivity index (χ3n) is 4.37. The number of hydrogen-bond donors (Lipinski definition) is 0. The Hall–Kier alpha value is -3.08. The summed E-state index contributed by atoms with van der Waals surface area (Å²) in [7, 11) is 1.30. The number of aryl methyl sites for hydroxylation is 2. The van der Waals surface area contributed by atoms with Crippen molar-refractivity contribution < 1.29 is 18.7 Å². The maximum atomic E-state index is 13.0. The number of hydrogen-bond acceptors (Lipinski definition) is 4. The van der Waals surface area contributed by atoms with Gasteiger partial charge in [0.15, 0.2) is 0 Å². The number of nitrogens with zero attached hydrogens (tertiary/aromatic N) is 1. The number of carbonyl (C=O) groups excluding carboxylic acids is 2. The molecule has 1 amide bonds. The maximum absolute atomic E-state index is 13.0. The van der Waals surface area contributed by atoms with Crippen molar-refractivity contribution in [1.82, 2.24) is 0 Å². The van der Waals surface area contributed by atoms with Crippen molar-refractivity contribution in [3.63, 3.8) is 0 Å². The van der Waals surface area contributed by atoms with Crippen molar-refractivity contribution in [2.24, 2.45) is 0 Å². The second-order valence-corrected chi connectivity index (χ2v) is 5.93. The Balaban J connectivity index is 2.15. The molecule has 2 heterocycles. The number of anilines is 1. The highest BCUT2D eigenvalue weighted by Crippen LogP contribution is 2.36. The molecule has 0 aliphatic carbocycles. The lowest BCUT2D eigenvalue weighted by Crippen LogP contribution is -2.24. The van der Waals surface area contributed by atoms with Crippen LogP contribution in [-0.2, 0) is 14.3 Å². The molecule has 0 bridgehead atoms. The minimum Gasteiger partial charge on any atom is -0.465 e. The molecule has 0 atom stereocenters. The van der Waals surface area contributed by atoms with Crippen LogP contribution >= 0.6 is 0 Å². The number of benzene rings is 1. The summed E-state index contributed by atoms with van der Waals surface area (Å²) in [6.07, 6.45) is 3.08. The van der Waals surface area contributed by atoms with Crippen molar-refractivity contribution in [2.45, 2.75) is 20.8 Å². The minimum absolute atomic E-state index is 0.252. The van der Waals surface area contributed by atoms with Crippen molar-refractivity contribution >= 4 is 23.6 Å². The van der Waals surface area contributed by atoms with E-state index in [-0.39, 0.29) is 17.1 Å². The maximum Gasteiger partial charge on any atom is 0.340 e. The summed E-state index contributed by atoms with van der Waals surface area (Å²) in [6, 6.07) is 9.21. The molecule has 1 aromatic carbocycles. The van der Waals surface area contributed by atoms with Crippen LogP contribution in [0, 0.1) is 13.8 Å². The van der Waals surface area contributed by atoms with Gasteiger partial charge in [0.2, 0.25) is 0 Å². The largest absolute Gasteiger partial charge is 0.465 e. The number of carbonyl (C=O) groups is 2. The molecule has 0 N–H and O–H groups in total. The predicted octanol–water partition coefficient (Wildman–Crippen LogP) is 3.77. The highest BCUT2D eigenvalue weighted by molar-refractivity contribution is 6.23. The zero-order valence-electron chi connectivity index (χ0n) is 14.6. The van der Waals surface area contributed by atoms with Gasteiger partial charge in [0.1, 0.15) is 5.76 Å². The Bertz CT molecular complexity index is 904. The second kappa shape index (κ2) is 6.43. The molecule has 2 aromatic rings. The highest BCUT2D eigenvalue weighted by Gasteiger charge is 2.38. The van der Waals surface area contributed by atoms with Crippen LogP contribution in [0.4, 0.5) is 5.69 Å². The third-order valence-corrected chi connectivity index (χ3v) is 4.37. The molecule has 1 aliphatic rings. The number of methoxy groups -OCH3 is 1. The molecule has 0 spiro atoms. The first-order valence-corrected chi connectivity index (χ1v) is 7.90. The number of allylic oxidation sites excluding steroid dienone is 1. The molecule has 0 unspecified atom stereocenters. The van der Waals surface area contributed by atoms with E-state index in [1.165, 1.54) is 18.3 Å². The van der Waals surface area contributed by atoms with Crippen LogP contribution < -0.4 is 4.90 Å². The standard InChI is InChI=1S/C20H19NO4/c1-12-7-8-15(10-13(12)2)21-14(3)18(20(23)24-4)17(19(21)22)11-16-6-5-9-25-16/h5-11H,1-4H3/b17-11+. The van der Waals surface area contributed by atoms with Gasteiger partial charge in [-0.2, -0.15) is 0 Å². The Morgan fingerprint density at radius 2 is 1.92 bits per heavy atom. The molecular formula is C20H19NO4. The Kier molecular flexibility index (Phi) is 4.31. The van der Waals surface area contributed by atoms with Gasteiger partial charge in [-0.1, -0.05) is 6.07 Å². The normalized spacial score (nSPS) is 16.1. The van der Waals surface area contributed by atoms with Gasteiger partial charge in [0.25, 0.3) is 5.91 Å². The molecule has 3 rings (SSSR count). The van der Waals surface area contributed by atoms with E-state index in [0.29, 0.717) is 11.5 Å². The molecule has 1 aromatic heterocycles. The average molecular weight is 337 g/mol. The van der Waals surface area contributed by atoms with Gasteiger partial charge in [-0.15, -0.1) is 0 Å². The van der Waals surface area contributed by atoms with Gasteiger partial charge in [-0.05, 0) is 62.2 Å². The van der Waals surface area contributed by atoms with Gasteiger partial charge in [0, 0.05) is 11.4 Å². The van der Waals surface area contributed by atoms with Gasteiger partial charge < -0.3 is 9.15 Å². The first-order chi connectivity index (χ1) is 11.9. The van der Waals surface area contributed by atoms with Crippen molar-refractivity contribution in [1.29, 1.82) is 0 Å². The van der Waals surface area contributed by atoms with Crippen LogP contribution in [0.3, 0.4) is 0 Å². The van der Waals surface area contributed by atoms with Crippen LogP contribution in [0.25, 0.3) is 6.08 Å².